The van der Waals surface area contributed by atoms with Gasteiger partial charge in [0.05, 0.1) is 17.2 Å². The van der Waals surface area contributed by atoms with Crippen LogP contribution in [0.25, 0.3) is 0 Å². The van der Waals surface area contributed by atoms with Gasteiger partial charge in [-0.25, -0.2) is 0 Å². The molecule has 0 unspecified atom stereocenters. The van der Waals surface area contributed by atoms with Gasteiger partial charge in [-0.3, -0.25) is 9.59 Å². The molecule has 0 fully saturated rings. The third-order valence-electron chi connectivity index (χ3n) is 1.61. The predicted octanol–water partition coefficient (Wildman–Crippen LogP) is 2.05. The van der Waals surface area contributed by atoms with E-state index in [-0.39, 0.29) is 17.4 Å². The SMILES string of the molecule is O=C(O)CSCC(=O)Nc1ccccc1I. The molecule has 0 atom stereocenters. The highest BCUT2D eigenvalue weighted by Crippen LogP contribution is 2.17. The van der Waals surface area contributed by atoms with Crippen LogP contribution in [0.2, 0.25) is 0 Å². The molecule has 2 N–H and O–H groups in total. The average molecular weight is 351 g/mol. The van der Waals surface area contributed by atoms with Gasteiger partial charge in [-0.2, -0.15) is 0 Å². The summed E-state index contributed by atoms with van der Waals surface area (Å²) in [5, 5.41) is 11.1. The van der Waals surface area contributed by atoms with Gasteiger partial charge in [-0.1, -0.05) is 12.1 Å². The quantitative estimate of drug-likeness (QED) is 0.797. The number of halogens is 1. The van der Waals surface area contributed by atoms with Gasteiger partial charge in [0.25, 0.3) is 0 Å². The van der Waals surface area contributed by atoms with Crippen molar-refractivity contribution < 1.29 is 14.7 Å². The van der Waals surface area contributed by atoms with E-state index >= 15 is 0 Å². The highest BCUT2D eigenvalue weighted by Gasteiger charge is 2.06. The summed E-state index contributed by atoms with van der Waals surface area (Å²) in [5.74, 6) is -1.00. The van der Waals surface area contributed by atoms with Gasteiger partial charge in [-0.05, 0) is 34.7 Å². The number of carboxylic acid groups (broad SMARTS) is 1. The Hall–Kier alpha value is -0.760. The van der Waals surface area contributed by atoms with Gasteiger partial charge in [0.15, 0.2) is 0 Å². The number of anilines is 1. The van der Waals surface area contributed by atoms with E-state index < -0.39 is 5.97 Å². The van der Waals surface area contributed by atoms with E-state index in [0.29, 0.717) is 0 Å². The Kier molecular flexibility index (Phi) is 5.61. The van der Waals surface area contributed by atoms with E-state index in [4.69, 9.17) is 5.11 Å². The monoisotopic (exact) mass is 351 g/mol. The number of aliphatic carboxylic acids is 1. The highest BCUT2D eigenvalue weighted by molar-refractivity contribution is 14.1. The Bertz CT molecular complexity index is 397. The molecule has 6 heteroatoms. The maximum atomic E-state index is 11.4. The summed E-state index contributed by atoms with van der Waals surface area (Å²) in [7, 11) is 0. The third kappa shape index (κ3) is 4.84. The van der Waals surface area contributed by atoms with Gasteiger partial charge < -0.3 is 10.4 Å². The van der Waals surface area contributed by atoms with Crippen LogP contribution in [0.15, 0.2) is 24.3 Å². The second-order valence-electron chi connectivity index (χ2n) is 2.91. The summed E-state index contributed by atoms with van der Waals surface area (Å²) in [4.78, 5) is 21.7. The van der Waals surface area contributed by atoms with Crippen molar-refractivity contribution in [3.05, 3.63) is 27.8 Å². The maximum absolute atomic E-state index is 11.4. The molecule has 0 bridgehead atoms. The number of amides is 1. The summed E-state index contributed by atoms with van der Waals surface area (Å²) >= 11 is 3.21. The summed E-state index contributed by atoms with van der Waals surface area (Å²) in [6.07, 6.45) is 0. The Balaban J connectivity index is 2.40. The molecule has 0 aliphatic carbocycles. The van der Waals surface area contributed by atoms with Crippen molar-refractivity contribution in [2.24, 2.45) is 0 Å². The number of rotatable bonds is 5. The summed E-state index contributed by atoms with van der Waals surface area (Å²) < 4.78 is 0.955. The molecule has 1 rings (SSSR count). The van der Waals surface area contributed by atoms with E-state index in [9.17, 15) is 9.59 Å². The van der Waals surface area contributed by atoms with Crippen molar-refractivity contribution in [1.29, 1.82) is 0 Å². The lowest BCUT2D eigenvalue weighted by Crippen LogP contribution is -2.16. The standard InChI is InChI=1S/C10H10INO3S/c11-7-3-1-2-4-8(7)12-9(13)5-16-6-10(14)15/h1-4H,5-6H2,(H,12,13)(H,14,15). The first-order valence-electron chi connectivity index (χ1n) is 4.43. The van der Waals surface area contributed by atoms with Gasteiger partial charge in [0, 0.05) is 3.57 Å². The highest BCUT2D eigenvalue weighted by atomic mass is 127. The number of carbonyl (C=O) groups excluding carboxylic acids is 1. The van der Waals surface area contributed by atoms with E-state index in [1.165, 1.54) is 0 Å². The average Bonchev–Trinajstić information content (AvgIpc) is 2.21. The minimum Gasteiger partial charge on any atom is -0.481 e. The molecule has 0 heterocycles. The number of hydrogen-bond donors (Lipinski definition) is 2. The molecule has 16 heavy (non-hydrogen) atoms. The molecule has 0 spiro atoms. The van der Waals surface area contributed by atoms with E-state index in [1.54, 1.807) is 0 Å². The number of hydrogen-bond acceptors (Lipinski definition) is 3. The second kappa shape index (κ2) is 6.74. The molecule has 1 aromatic rings. The van der Waals surface area contributed by atoms with Crippen LogP contribution in [0, 0.1) is 3.57 Å². The van der Waals surface area contributed by atoms with Crippen molar-refractivity contribution in [2.75, 3.05) is 16.8 Å². The second-order valence-corrected chi connectivity index (χ2v) is 5.06. The van der Waals surface area contributed by atoms with Gasteiger partial charge in [0.2, 0.25) is 5.91 Å². The first-order chi connectivity index (χ1) is 7.59. The zero-order valence-electron chi connectivity index (χ0n) is 8.27. The molecule has 4 nitrogen and oxygen atoms in total. The van der Waals surface area contributed by atoms with Crippen molar-refractivity contribution in [3.63, 3.8) is 0 Å². The van der Waals surface area contributed by atoms with Gasteiger partial charge >= 0.3 is 5.97 Å². The molecule has 0 saturated carbocycles. The largest absolute Gasteiger partial charge is 0.481 e. The zero-order chi connectivity index (χ0) is 12.0. The van der Waals surface area contributed by atoms with Crippen molar-refractivity contribution in [2.45, 2.75) is 0 Å². The molecule has 0 saturated heterocycles. The van der Waals surface area contributed by atoms with Crippen molar-refractivity contribution in [3.8, 4) is 0 Å². The number of benzene rings is 1. The van der Waals surface area contributed by atoms with Gasteiger partial charge in [0.1, 0.15) is 0 Å². The zero-order valence-corrected chi connectivity index (χ0v) is 11.2. The first kappa shape index (κ1) is 13.3. The number of carbonyl (C=O) groups is 2. The fourth-order valence-corrected chi connectivity index (χ4v) is 2.04. The smallest absolute Gasteiger partial charge is 0.313 e. The Labute approximate surface area is 111 Å². The number of para-hydroxylation sites is 1. The Morgan fingerprint density at radius 3 is 2.62 bits per heavy atom. The Morgan fingerprint density at radius 2 is 2.00 bits per heavy atom. The lowest BCUT2D eigenvalue weighted by atomic mass is 10.3. The van der Waals surface area contributed by atoms with Crippen LogP contribution >= 0.6 is 34.4 Å². The number of nitrogens with one attached hydrogen (secondary N) is 1. The molecule has 1 amide bonds. The van der Waals surface area contributed by atoms with Crippen LogP contribution in [-0.4, -0.2) is 28.5 Å². The molecule has 1 aromatic carbocycles. The summed E-state index contributed by atoms with van der Waals surface area (Å²) in [5.41, 5.74) is 0.754. The topological polar surface area (TPSA) is 66.4 Å². The van der Waals surface area contributed by atoms with Crippen LogP contribution in [-0.2, 0) is 9.59 Å². The minimum atomic E-state index is -0.910. The normalized spacial score (nSPS) is 9.81. The molecule has 0 aliphatic heterocycles. The number of carboxylic acids is 1. The minimum absolute atomic E-state index is 0.0562. The number of thioether (sulfide) groups is 1. The van der Waals surface area contributed by atoms with Crippen LogP contribution in [0.1, 0.15) is 0 Å². The van der Waals surface area contributed by atoms with Crippen LogP contribution in [0.5, 0.6) is 0 Å². The predicted molar refractivity (Wildman–Crippen MR) is 72.7 cm³/mol. The molecule has 0 aliphatic rings. The van der Waals surface area contributed by atoms with Gasteiger partial charge in [-0.15, -0.1) is 11.8 Å². The van der Waals surface area contributed by atoms with Crippen LogP contribution in [0.4, 0.5) is 5.69 Å². The molecule has 86 valence electrons. The van der Waals surface area contributed by atoms with E-state index in [2.05, 4.69) is 27.9 Å². The first-order valence-corrected chi connectivity index (χ1v) is 6.67. The lowest BCUT2D eigenvalue weighted by Gasteiger charge is -2.06. The summed E-state index contributed by atoms with van der Waals surface area (Å²) in [6.45, 7) is 0. The molecular weight excluding hydrogens is 341 g/mol. The molecule has 0 radical (unpaired) electrons. The summed E-state index contributed by atoms with van der Waals surface area (Å²) in [6, 6.07) is 7.42. The Morgan fingerprint density at radius 1 is 1.31 bits per heavy atom. The van der Waals surface area contributed by atoms with Crippen LogP contribution < -0.4 is 5.32 Å². The lowest BCUT2D eigenvalue weighted by molar-refractivity contribution is -0.133. The van der Waals surface area contributed by atoms with Crippen molar-refractivity contribution in [1.82, 2.24) is 0 Å². The molecular formula is C10H10INO3S. The fraction of sp³-hybridized carbons (Fsp3) is 0.200. The van der Waals surface area contributed by atoms with Crippen molar-refractivity contribution >= 4 is 51.9 Å². The van der Waals surface area contributed by atoms with E-state index in [0.717, 1.165) is 21.0 Å². The molecule has 0 aromatic heterocycles. The third-order valence-corrected chi connectivity index (χ3v) is 3.46. The fourth-order valence-electron chi connectivity index (χ4n) is 0.980. The van der Waals surface area contributed by atoms with E-state index in [1.807, 2.05) is 24.3 Å². The maximum Gasteiger partial charge on any atom is 0.313 e. The van der Waals surface area contributed by atoms with Crippen LogP contribution in [0.3, 0.4) is 0 Å².